The van der Waals surface area contributed by atoms with Gasteiger partial charge >= 0.3 is 0 Å². The zero-order valence-electron chi connectivity index (χ0n) is 10.3. The maximum atomic E-state index is 11.6. The first-order chi connectivity index (χ1) is 7.69. The van der Waals surface area contributed by atoms with Crippen LogP contribution in [0.25, 0.3) is 0 Å². The molecule has 1 rings (SSSR count). The van der Waals surface area contributed by atoms with Gasteiger partial charge in [0, 0.05) is 24.3 Å². The number of nitrogens with one attached hydrogen (secondary N) is 2. The lowest BCUT2D eigenvalue weighted by Crippen LogP contribution is -2.22. The molecule has 0 spiro atoms. The monoisotopic (exact) mass is 220 g/mol. The first-order valence-electron chi connectivity index (χ1n) is 5.81. The van der Waals surface area contributed by atoms with Crippen molar-refractivity contribution in [2.75, 3.05) is 18.4 Å². The predicted molar refractivity (Wildman–Crippen MR) is 68.0 cm³/mol. The lowest BCUT2D eigenvalue weighted by atomic mass is 10.1. The number of hydrogen-bond acceptors (Lipinski definition) is 2. The van der Waals surface area contributed by atoms with Crippen LogP contribution in [0.4, 0.5) is 5.69 Å². The van der Waals surface area contributed by atoms with Crippen LogP contribution in [0.3, 0.4) is 0 Å². The number of amides is 1. The van der Waals surface area contributed by atoms with Gasteiger partial charge in [0.1, 0.15) is 0 Å². The first-order valence-corrected chi connectivity index (χ1v) is 5.81. The summed E-state index contributed by atoms with van der Waals surface area (Å²) >= 11 is 0. The third kappa shape index (κ3) is 3.26. The summed E-state index contributed by atoms with van der Waals surface area (Å²) in [6, 6.07) is 5.75. The van der Waals surface area contributed by atoms with Crippen molar-refractivity contribution in [3.05, 3.63) is 29.3 Å². The van der Waals surface area contributed by atoms with E-state index in [1.807, 2.05) is 32.0 Å². The fraction of sp³-hybridized carbons (Fsp3) is 0.462. The summed E-state index contributed by atoms with van der Waals surface area (Å²) in [5.41, 5.74) is 2.93. The summed E-state index contributed by atoms with van der Waals surface area (Å²) in [4.78, 5) is 11.6. The average Bonchev–Trinajstić information content (AvgIpc) is 2.28. The Morgan fingerprint density at radius 1 is 1.31 bits per heavy atom. The topological polar surface area (TPSA) is 41.1 Å². The van der Waals surface area contributed by atoms with E-state index >= 15 is 0 Å². The number of anilines is 1. The van der Waals surface area contributed by atoms with Gasteiger partial charge in [-0.05, 0) is 38.0 Å². The van der Waals surface area contributed by atoms with Crippen molar-refractivity contribution in [1.29, 1.82) is 0 Å². The quantitative estimate of drug-likeness (QED) is 0.800. The molecule has 1 aromatic rings. The minimum absolute atomic E-state index is 0.0120. The van der Waals surface area contributed by atoms with Crippen LogP contribution in [0.15, 0.2) is 18.2 Å². The van der Waals surface area contributed by atoms with E-state index in [2.05, 4.69) is 17.6 Å². The SMILES string of the molecule is CCCNc1cc(C(=O)NCC)ccc1C. The minimum Gasteiger partial charge on any atom is -0.385 e. The summed E-state index contributed by atoms with van der Waals surface area (Å²) in [5, 5.41) is 6.12. The predicted octanol–water partition coefficient (Wildman–Crippen LogP) is 2.57. The van der Waals surface area contributed by atoms with Gasteiger partial charge in [0.2, 0.25) is 0 Å². The van der Waals surface area contributed by atoms with Gasteiger partial charge in [0.15, 0.2) is 0 Å². The highest BCUT2D eigenvalue weighted by molar-refractivity contribution is 5.95. The van der Waals surface area contributed by atoms with Crippen molar-refractivity contribution in [3.63, 3.8) is 0 Å². The fourth-order valence-electron chi connectivity index (χ4n) is 1.48. The van der Waals surface area contributed by atoms with Gasteiger partial charge in [-0.15, -0.1) is 0 Å². The number of hydrogen-bond donors (Lipinski definition) is 2. The molecule has 0 unspecified atom stereocenters. The standard InChI is InChI=1S/C13H20N2O/c1-4-8-15-12-9-11(7-6-10(12)3)13(16)14-5-2/h6-7,9,15H,4-5,8H2,1-3H3,(H,14,16). The number of carbonyl (C=O) groups excluding carboxylic acids is 1. The Morgan fingerprint density at radius 3 is 2.69 bits per heavy atom. The van der Waals surface area contributed by atoms with Crippen molar-refractivity contribution in [1.82, 2.24) is 5.32 Å². The average molecular weight is 220 g/mol. The molecule has 3 nitrogen and oxygen atoms in total. The van der Waals surface area contributed by atoms with E-state index in [1.54, 1.807) is 0 Å². The Hall–Kier alpha value is -1.51. The summed E-state index contributed by atoms with van der Waals surface area (Å²) in [6.45, 7) is 7.67. The van der Waals surface area contributed by atoms with Gasteiger partial charge in [-0.25, -0.2) is 0 Å². The van der Waals surface area contributed by atoms with Crippen molar-refractivity contribution < 1.29 is 4.79 Å². The molecule has 0 heterocycles. The molecule has 0 saturated heterocycles. The van der Waals surface area contributed by atoms with E-state index in [1.165, 1.54) is 5.56 Å². The third-order valence-electron chi connectivity index (χ3n) is 2.40. The molecule has 16 heavy (non-hydrogen) atoms. The van der Waals surface area contributed by atoms with Crippen LogP contribution < -0.4 is 10.6 Å². The first kappa shape index (κ1) is 12.6. The van der Waals surface area contributed by atoms with Gasteiger partial charge in [0.25, 0.3) is 5.91 Å². The summed E-state index contributed by atoms with van der Waals surface area (Å²) in [6.07, 6.45) is 1.07. The van der Waals surface area contributed by atoms with Crippen molar-refractivity contribution in [3.8, 4) is 0 Å². The van der Waals surface area contributed by atoms with E-state index in [0.29, 0.717) is 12.1 Å². The maximum absolute atomic E-state index is 11.6. The van der Waals surface area contributed by atoms with E-state index < -0.39 is 0 Å². The van der Waals surface area contributed by atoms with Crippen LogP contribution in [0, 0.1) is 6.92 Å². The van der Waals surface area contributed by atoms with Gasteiger partial charge in [-0.2, -0.15) is 0 Å². The van der Waals surface area contributed by atoms with E-state index in [-0.39, 0.29) is 5.91 Å². The molecule has 0 aliphatic heterocycles. The highest BCUT2D eigenvalue weighted by Gasteiger charge is 2.06. The molecule has 0 radical (unpaired) electrons. The number of benzene rings is 1. The Labute approximate surface area is 97.2 Å². The third-order valence-corrected chi connectivity index (χ3v) is 2.40. The number of carbonyl (C=O) groups is 1. The molecular formula is C13H20N2O. The molecule has 88 valence electrons. The maximum Gasteiger partial charge on any atom is 0.251 e. The van der Waals surface area contributed by atoms with Crippen LogP contribution in [0.1, 0.15) is 36.2 Å². The minimum atomic E-state index is -0.0120. The molecule has 0 saturated carbocycles. The Bertz CT molecular complexity index is 361. The molecule has 1 amide bonds. The van der Waals surface area contributed by atoms with E-state index in [0.717, 1.165) is 18.7 Å². The molecule has 0 fully saturated rings. The van der Waals surface area contributed by atoms with Gasteiger partial charge < -0.3 is 10.6 Å². The number of aryl methyl sites for hydroxylation is 1. The van der Waals surface area contributed by atoms with Crippen LogP contribution in [-0.4, -0.2) is 19.0 Å². The van der Waals surface area contributed by atoms with Gasteiger partial charge in [-0.1, -0.05) is 13.0 Å². The Kier molecular flexibility index (Phi) is 4.83. The molecule has 2 N–H and O–H groups in total. The molecule has 0 bridgehead atoms. The van der Waals surface area contributed by atoms with Crippen LogP contribution in [-0.2, 0) is 0 Å². The number of rotatable bonds is 5. The van der Waals surface area contributed by atoms with Crippen molar-refractivity contribution in [2.24, 2.45) is 0 Å². The fourth-order valence-corrected chi connectivity index (χ4v) is 1.48. The lowest BCUT2D eigenvalue weighted by molar-refractivity contribution is 0.0956. The molecular weight excluding hydrogens is 200 g/mol. The van der Waals surface area contributed by atoms with Crippen LogP contribution >= 0.6 is 0 Å². The summed E-state index contributed by atoms with van der Waals surface area (Å²) in [7, 11) is 0. The molecule has 0 aliphatic rings. The highest BCUT2D eigenvalue weighted by atomic mass is 16.1. The molecule has 0 atom stereocenters. The molecule has 1 aromatic carbocycles. The zero-order valence-corrected chi connectivity index (χ0v) is 10.3. The molecule has 0 aromatic heterocycles. The smallest absolute Gasteiger partial charge is 0.251 e. The zero-order chi connectivity index (χ0) is 12.0. The van der Waals surface area contributed by atoms with Gasteiger partial charge in [-0.3, -0.25) is 4.79 Å². The van der Waals surface area contributed by atoms with Crippen molar-refractivity contribution in [2.45, 2.75) is 27.2 Å². The Morgan fingerprint density at radius 2 is 2.06 bits per heavy atom. The molecule has 3 heteroatoms. The largest absolute Gasteiger partial charge is 0.385 e. The normalized spacial score (nSPS) is 9.94. The lowest BCUT2D eigenvalue weighted by Gasteiger charge is -2.10. The van der Waals surface area contributed by atoms with Gasteiger partial charge in [0.05, 0.1) is 0 Å². The second-order valence-corrected chi connectivity index (χ2v) is 3.82. The van der Waals surface area contributed by atoms with Crippen LogP contribution in [0.2, 0.25) is 0 Å². The highest BCUT2D eigenvalue weighted by Crippen LogP contribution is 2.16. The van der Waals surface area contributed by atoms with Crippen molar-refractivity contribution >= 4 is 11.6 Å². The molecule has 0 aliphatic carbocycles. The second-order valence-electron chi connectivity index (χ2n) is 3.82. The summed E-state index contributed by atoms with van der Waals surface area (Å²) in [5.74, 6) is -0.0120. The summed E-state index contributed by atoms with van der Waals surface area (Å²) < 4.78 is 0. The van der Waals surface area contributed by atoms with Crippen LogP contribution in [0.5, 0.6) is 0 Å². The van der Waals surface area contributed by atoms with E-state index in [9.17, 15) is 4.79 Å². The second kappa shape index (κ2) is 6.16. The van der Waals surface area contributed by atoms with E-state index in [4.69, 9.17) is 0 Å². The Balaban J connectivity index is 2.84.